The van der Waals surface area contributed by atoms with E-state index in [0.717, 1.165) is 32.0 Å². The quantitative estimate of drug-likeness (QED) is 0.221. The third-order valence-electron chi connectivity index (χ3n) is 4.44. The lowest BCUT2D eigenvalue weighted by Gasteiger charge is -2.11. The maximum absolute atomic E-state index is 5.98. The number of hydrogen-bond acceptors (Lipinski definition) is 6. The molecule has 0 atom stereocenters. The van der Waals surface area contributed by atoms with Gasteiger partial charge in [-0.15, -0.1) is 11.3 Å². The van der Waals surface area contributed by atoms with E-state index in [9.17, 15) is 0 Å². The Morgan fingerprint density at radius 3 is 2.61 bits per heavy atom. The molecule has 0 bridgehead atoms. The summed E-state index contributed by atoms with van der Waals surface area (Å²) < 4.78 is 12.4. The van der Waals surface area contributed by atoms with Crippen molar-refractivity contribution < 1.29 is 9.47 Å². The Balaban J connectivity index is 1.41. The zero-order valence-corrected chi connectivity index (χ0v) is 19.2. The van der Waals surface area contributed by atoms with E-state index in [-0.39, 0.29) is 0 Å². The average molecular weight is 494 g/mol. The molecule has 0 amide bonds. The number of halogens is 1. The number of ether oxygens (including phenoxy) is 2. The summed E-state index contributed by atoms with van der Waals surface area (Å²) >= 11 is 4.95. The van der Waals surface area contributed by atoms with Crippen molar-refractivity contribution in [3.63, 3.8) is 0 Å². The lowest BCUT2D eigenvalue weighted by Crippen LogP contribution is -1.99. The topological polar surface area (TPSA) is 55.7 Å². The van der Waals surface area contributed by atoms with Crippen molar-refractivity contribution in [2.45, 2.75) is 6.61 Å². The molecule has 0 aliphatic heterocycles. The number of aromatic nitrogens is 1. The molecule has 0 aliphatic rings. The Morgan fingerprint density at radius 1 is 1.03 bits per heavy atom. The van der Waals surface area contributed by atoms with E-state index in [1.165, 1.54) is 11.3 Å². The number of anilines is 1. The summed E-state index contributed by atoms with van der Waals surface area (Å²) in [5.41, 5.74) is 6.97. The number of hydrogen-bond donors (Lipinski definition) is 1. The molecule has 31 heavy (non-hydrogen) atoms. The van der Waals surface area contributed by atoms with Crippen LogP contribution in [0.3, 0.4) is 0 Å². The monoisotopic (exact) mass is 493 g/mol. The van der Waals surface area contributed by atoms with Gasteiger partial charge >= 0.3 is 0 Å². The first kappa shape index (κ1) is 21.1. The third-order valence-corrected chi connectivity index (χ3v) is 5.72. The molecule has 0 unspecified atom stereocenters. The largest absolute Gasteiger partial charge is 0.493 e. The summed E-state index contributed by atoms with van der Waals surface area (Å²) in [6.45, 7) is 0.448. The van der Waals surface area contributed by atoms with Crippen LogP contribution in [0, 0.1) is 0 Å². The van der Waals surface area contributed by atoms with Crippen LogP contribution in [0.1, 0.15) is 11.1 Å². The maximum atomic E-state index is 5.98. The lowest BCUT2D eigenvalue weighted by atomic mass is 10.2. The van der Waals surface area contributed by atoms with Gasteiger partial charge in [0, 0.05) is 15.4 Å². The summed E-state index contributed by atoms with van der Waals surface area (Å²) in [6, 6.07) is 23.8. The molecule has 4 aromatic rings. The predicted molar refractivity (Wildman–Crippen MR) is 130 cm³/mol. The van der Waals surface area contributed by atoms with Gasteiger partial charge in [0.25, 0.3) is 0 Å². The fourth-order valence-electron chi connectivity index (χ4n) is 2.86. The summed E-state index contributed by atoms with van der Waals surface area (Å²) in [5.74, 6) is 1.34. The maximum Gasteiger partial charge on any atom is 0.203 e. The lowest BCUT2D eigenvalue weighted by molar-refractivity contribution is 0.284. The van der Waals surface area contributed by atoms with Crippen LogP contribution in [0.2, 0.25) is 0 Å². The SMILES string of the molecule is COc1ccc(C=NNc2nc(-c3ccccc3)cs2)cc1OCc1ccc(Br)cc1. The number of hydrazone groups is 1. The number of methoxy groups -OCH3 is 1. The van der Waals surface area contributed by atoms with Crippen LogP contribution in [0.4, 0.5) is 5.13 Å². The minimum Gasteiger partial charge on any atom is -0.493 e. The minimum atomic E-state index is 0.448. The molecule has 3 aromatic carbocycles. The van der Waals surface area contributed by atoms with E-state index in [2.05, 4.69) is 31.4 Å². The van der Waals surface area contributed by atoms with Gasteiger partial charge in [0.05, 0.1) is 19.0 Å². The molecule has 0 spiro atoms. The van der Waals surface area contributed by atoms with Crippen LogP contribution in [0.15, 0.2) is 87.8 Å². The first-order valence-electron chi connectivity index (χ1n) is 9.56. The number of nitrogens with zero attached hydrogens (tertiary/aromatic N) is 2. The molecule has 0 radical (unpaired) electrons. The molecule has 0 fully saturated rings. The number of rotatable bonds is 8. The normalized spacial score (nSPS) is 10.9. The number of benzene rings is 3. The van der Waals surface area contributed by atoms with E-state index in [4.69, 9.17) is 9.47 Å². The first-order valence-corrected chi connectivity index (χ1v) is 11.2. The second-order valence-electron chi connectivity index (χ2n) is 6.60. The van der Waals surface area contributed by atoms with Gasteiger partial charge in [0.2, 0.25) is 5.13 Å². The molecule has 7 heteroatoms. The fraction of sp³-hybridized carbons (Fsp3) is 0.0833. The van der Waals surface area contributed by atoms with Gasteiger partial charge in [-0.1, -0.05) is 58.4 Å². The highest BCUT2D eigenvalue weighted by Crippen LogP contribution is 2.29. The van der Waals surface area contributed by atoms with Crippen molar-refractivity contribution in [1.82, 2.24) is 4.98 Å². The summed E-state index contributed by atoms with van der Waals surface area (Å²) in [4.78, 5) is 4.57. The molecule has 1 heterocycles. The van der Waals surface area contributed by atoms with Crippen LogP contribution in [0.5, 0.6) is 11.5 Å². The van der Waals surface area contributed by atoms with Crippen LogP contribution in [0.25, 0.3) is 11.3 Å². The predicted octanol–water partition coefficient (Wildman–Crippen LogP) is 6.61. The van der Waals surface area contributed by atoms with Crippen LogP contribution < -0.4 is 14.9 Å². The highest BCUT2D eigenvalue weighted by molar-refractivity contribution is 9.10. The number of thiazole rings is 1. The van der Waals surface area contributed by atoms with Crippen molar-refractivity contribution in [2.24, 2.45) is 5.10 Å². The van der Waals surface area contributed by atoms with Gasteiger partial charge in [-0.2, -0.15) is 5.10 Å². The van der Waals surface area contributed by atoms with Gasteiger partial charge in [-0.3, -0.25) is 5.43 Å². The molecule has 4 rings (SSSR count). The average Bonchev–Trinajstić information content (AvgIpc) is 3.28. The molecule has 1 aromatic heterocycles. The van der Waals surface area contributed by atoms with Gasteiger partial charge < -0.3 is 9.47 Å². The number of nitrogens with one attached hydrogen (secondary N) is 1. The van der Waals surface area contributed by atoms with Gasteiger partial charge in [-0.25, -0.2) is 4.98 Å². The van der Waals surface area contributed by atoms with Crippen molar-refractivity contribution >= 4 is 38.6 Å². The van der Waals surface area contributed by atoms with Gasteiger partial charge in [-0.05, 0) is 41.5 Å². The standard InChI is InChI=1S/C24H20BrN3O2S/c1-29-22-12-9-18(13-23(22)30-15-17-7-10-20(25)11-8-17)14-26-28-24-27-21(16-31-24)19-5-3-2-4-6-19/h2-14,16H,15H2,1H3,(H,27,28). The van der Waals surface area contributed by atoms with Gasteiger partial charge in [0.1, 0.15) is 6.61 Å². The summed E-state index contributed by atoms with van der Waals surface area (Å²) in [5, 5.41) is 7.06. The smallest absolute Gasteiger partial charge is 0.203 e. The third kappa shape index (κ3) is 5.71. The first-order chi connectivity index (χ1) is 15.2. The van der Waals surface area contributed by atoms with Crippen LogP contribution >= 0.6 is 27.3 Å². The second-order valence-corrected chi connectivity index (χ2v) is 8.37. The van der Waals surface area contributed by atoms with Crippen molar-refractivity contribution in [1.29, 1.82) is 0 Å². The molecule has 0 aliphatic carbocycles. The van der Waals surface area contributed by atoms with Crippen molar-refractivity contribution in [2.75, 3.05) is 12.5 Å². The van der Waals surface area contributed by atoms with Crippen molar-refractivity contribution in [3.8, 4) is 22.8 Å². The van der Waals surface area contributed by atoms with Crippen LogP contribution in [-0.2, 0) is 6.61 Å². The zero-order chi connectivity index (χ0) is 21.5. The highest BCUT2D eigenvalue weighted by Gasteiger charge is 2.07. The Kier molecular flexibility index (Phi) is 6.96. The molecule has 0 saturated heterocycles. The van der Waals surface area contributed by atoms with E-state index < -0.39 is 0 Å². The van der Waals surface area contributed by atoms with E-state index >= 15 is 0 Å². The minimum absolute atomic E-state index is 0.448. The van der Waals surface area contributed by atoms with E-state index in [1.807, 2.05) is 78.2 Å². The molecule has 156 valence electrons. The molecule has 1 N–H and O–H groups in total. The van der Waals surface area contributed by atoms with Gasteiger partial charge in [0.15, 0.2) is 11.5 Å². The summed E-state index contributed by atoms with van der Waals surface area (Å²) in [6.07, 6.45) is 1.73. The van der Waals surface area contributed by atoms with E-state index in [1.54, 1.807) is 13.3 Å². The summed E-state index contributed by atoms with van der Waals surface area (Å²) in [7, 11) is 1.63. The molecular formula is C24H20BrN3O2S. The molecule has 5 nitrogen and oxygen atoms in total. The molecule has 0 saturated carbocycles. The Bertz CT molecular complexity index is 1160. The Hall–Kier alpha value is -3.16. The second kappa shape index (κ2) is 10.2. The highest BCUT2D eigenvalue weighted by atomic mass is 79.9. The fourth-order valence-corrected chi connectivity index (χ4v) is 3.79. The Morgan fingerprint density at radius 2 is 1.84 bits per heavy atom. The van der Waals surface area contributed by atoms with Crippen molar-refractivity contribution in [3.05, 3.63) is 93.8 Å². The van der Waals surface area contributed by atoms with Crippen LogP contribution in [-0.4, -0.2) is 18.3 Å². The Labute approximate surface area is 193 Å². The van der Waals surface area contributed by atoms with E-state index in [0.29, 0.717) is 18.1 Å². The zero-order valence-electron chi connectivity index (χ0n) is 16.8. The molecular weight excluding hydrogens is 474 g/mol.